The average Bonchev–Trinajstić information content (AvgIpc) is 3.83. The van der Waals surface area contributed by atoms with Crippen molar-refractivity contribution >= 4 is 33.4 Å². The van der Waals surface area contributed by atoms with Gasteiger partial charge in [0.25, 0.3) is 5.56 Å². The molecule has 0 unspecified atom stereocenters. The van der Waals surface area contributed by atoms with Crippen LogP contribution in [0.15, 0.2) is 53.7 Å². The number of nitrogens with zero attached hydrogens (tertiary/aromatic N) is 5. The molecule has 0 radical (unpaired) electrons. The zero-order valence-corrected chi connectivity index (χ0v) is 23.0. The van der Waals surface area contributed by atoms with Crippen molar-refractivity contribution in [2.45, 2.75) is 69.9 Å². The van der Waals surface area contributed by atoms with Crippen molar-refractivity contribution in [1.29, 1.82) is 0 Å². The van der Waals surface area contributed by atoms with Gasteiger partial charge in [-0.05, 0) is 98.8 Å². The Balaban J connectivity index is 1.19. The van der Waals surface area contributed by atoms with Crippen molar-refractivity contribution < 1.29 is 5.11 Å². The van der Waals surface area contributed by atoms with E-state index in [2.05, 4.69) is 50.5 Å². The van der Waals surface area contributed by atoms with E-state index in [4.69, 9.17) is 4.98 Å². The number of fused-ring (bicyclic) bond motifs is 3. The lowest BCUT2D eigenvalue weighted by atomic mass is 9.89. The number of aliphatic hydroxyl groups is 1. The molecule has 40 heavy (non-hydrogen) atoms. The molecule has 0 spiro atoms. The van der Waals surface area contributed by atoms with Crippen LogP contribution in [0, 0.1) is 11.8 Å². The van der Waals surface area contributed by atoms with E-state index in [1.807, 2.05) is 23.2 Å². The third-order valence-electron chi connectivity index (χ3n) is 9.26. The van der Waals surface area contributed by atoms with Crippen LogP contribution < -0.4 is 15.8 Å². The number of pyridine rings is 2. The van der Waals surface area contributed by atoms with Gasteiger partial charge in [0, 0.05) is 60.7 Å². The normalized spacial score (nSPS) is 22.2. The second-order valence-corrected chi connectivity index (χ2v) is 12.1. The minimum atomic E-state index is -0.277. The molecule has 3 aromatic heterocycles. The van der Waals surface area contributed by atoms with Gasteiger partial charge in [-0.1, -0.05) is 12.1 Å². The predicted octanol–water partition coefficient (Wildman–Crippen LogP) is 5.10. The summed E-state index contributed by atoms with van der Waals surface area (Å²) in [6.45, 7) is 2.97. The lowest BCUT2D eigenvalue weighted by Crippen LogP contribution is -2.34. The summed E-state index contributed by atoms with van der Waals surface area (Å²) in [4.78, 5) is 30.3. The quantitative estimate of drug-likeness (QED) is 0.316. The van der Waals surface area contributed by atoms with Gasteiger partial charge in [0.1, 0.15) is 5.65 Å². The van der Waals surface area contributed by atoms with Gasteiger partial charge in [-0.25, -0.2) is 4.98 Å². The predicted molar refractivity (Wildman–Crippen MR) is 159 cm³/mol. The summed E-state index contributed by atoms with van der Waals surface area (Å²) in [5.41, 5.74) is 3.21. The van der Waals surface area contributed by atoms with Crippen LogP contribution in [0.2, 0.25) is 0 Å². The van der Waals surface area contributed by atoms with E-state index in [9.17, 15) is 9.90 Å². The molecule has 7 rings (SSSR count). The fraction of sp³-hybridized carbons (Fsp3) is 0.500. The minimum absolute atomic E-state index is 0.0325. The van der Waals surface area contributed by atoms with E-state index in [1.165, 1.54) is 24.1 Å². The number of anilines is 2. The molecule has 2 saturated carbocycles. The maximum atomic E-state index is 14.2. The minimum Gasteiger partial charge on any atom is -0.393 e. The first-order chi connectivity index (χ1) is 19.6. The molecule has 208 valence electrons. The third kappa shape index (κ3) is 5.17. The van der Waals surface area contributed by atoms with Gasteiger partial charge in [-0.15, -0.1) is 0 Å². The summed E-state index contributed by atoms with van der Waals surface area (Å²) in [5.74, 6) is 1.90. The lowest BCUT2D eigenvalue weighted by molar-refractivity contribution is 0.111. The van der Waals surface area contributed by atoms with Crippen molar-refractivity contribution in [3.8, 4) is 0 Å². The Morgan fingerprint density at radius 1 is 0.875 bits per heavy atom. The van der Waals surface area contributed by atoms with E-state index in [-0.39, 0.29) is 17.7 Å². The van der Waals surface area contributed by atoms with Crippen LogP contribution in [-0.4, -0.2) is 50.4 Å². The molecule has 8 heteroatoms. The zero-order valence-electron chi connectivity index (χ0n) is 23.0. The third-order valence-corrected chi connectivity index (χ3v) is 9.26. The highest BCUT2D eigenvalue weighted by atomic mass is 16.3. The number of hydrogen-bond acceptors (Lipinski definition) is 7. The Labute approximate surface area is 234 Å². The highest BCUT2D eigenvalue weighted by molar-refractivity contribution is 6.04. The van der Waals surface area contributed by atoms with Gasteiger partial charge in [0.2, 0.25) is 5.95 Å². The molecular formula is C32H38N6O2. The molecule has 3 fully saturated rings. The first kappa shape index (κ1) is 25.4. The Bertz CT molecular complexity index is 1550. The van der Waals surface area contributed by atoms with Gasteiger partial charge in [-0.2, -0.15) is 4.98 Å². The van der Waals surface area contributed by atoms with Crippen molar-refractivity contribution in [1.82, 2.24) is 19.5 Å². The molecule has 2 N–H and O–H groups in total. The molecule has 0 atom stereocenters. The summed E-state index contributed by atoms with van der Waals surface area (Å²) in [5, 5.41) is 16.1. The second kappa shape index (κ2) is 10.8. The molecule has 4 heterocycles. The van der Waals surface area contributed by atoms with E-state index in [0.29, 0.717) is 36.3 Å². The number of nitrogens with one attached hydrogen (secondary N) is 1. The molecule has 4 aromatic rings. The molecule has 2 aliphatic carbocycles. The van der Waals surface area contributed by atoms with Gasteiger partial charge in [-0.3, -0.25) is 14.3 Å². The van der Waals surface area contributed by atoms with Crippen LogP contribution >= 0.6 is 0 Å². The topological polar surface area (TPSA) is 96.2 Å². The van der Waals surface area contributed by atoms with Gasteiger partial charge in [0.05, 0.1) is 6.10 Å². The first-order valence-corrected chi connectivity index (χ1v) is 15.0. The highest BCUT2D eigenvalue weighted by Gasteiger charge is 2.26. The first-order valence-electron chi connectivity index (χ1n) is 15.0. The van der Waals surface area contributed by atoms with Crippen LogP contribution in [0.1, 0.15) is 63.0 Å². The number of aliphatic hydroxyl groups excluding tert-OH is 1. The Morgan fingerprint density at radius 3 is 2.40 bits per heavy atom. The van der Waals surface area contributed by atoms with E-state index < -0.39 is 0 Å². The van der Waals surface area contributed by atoms with Crippen LogP contribution in [0.4, 0.5) is 11.6 Å². The summed E-state index contributed by atoms with van der Waals surface area (Å²) in [6.07, 6.45) is 14.1. The largest absolute Gasteiger partial charge is 0.393 e. The van der Waals surface area contributed by atoms with E-state index in [0.717, 1.165) is 67.9 Å². The van der Waals surface area contributed by atoms with Gasteiger partial charge < -0.3 is 15.3 Å². The van der Waals surface area contributed by atoms with Crippen LogP contribution in [0.3, 0.4) is 0 Å². The Morgan fingerprint density at radius 2 is 1.65 bits per heavy atom. The number of aromatic nitrogens is 4. The molecule has 8 nitrogen and oxygen atoms in total. The molecule has 1 aliphatic heterocycles. The van der Waals surface area contributed by atoms with Crippen LogP contribution in [0.5, 0.6) is 0 Å². The SMILES string of the molecule is O=c1c2cc(CC3CCN(c4ccncc4)CC3)ccc2c2cnc(NCC3CC3)nc2n1[C@H]1CC[C@H](O)CC1. The number of piperidine rings is 1. The van der Waals surface area contributed by atoms with Crippen LogP contribution in [-0.2, 0) is 6.42 Å². The molecule has 0 bridgehead atoms. The fourth-order valence-corrected chi connectivity index (χ4v) is 6.68. The lowest BCUT2D eigenvalue weighted by Gasteiger charge is -2.33. The average molecular weight is 539 g/mol. The maximum Gasteiger partial charge on any atom is 0.260 e. The zero-order chi connectivity index (χ0) is 27.1. The summed E-state index contributed by atoms with van der Waals surface area (Å²) >= 11 is 0. The number of rotatable bonds is 7. The van der Waals surface area contributed by atoms with Crippen molar-refractivity contribution in [3.05, 3.63) is 64.8 Å². The summed E-state index contributed by atoms with van der Waals surface area (Å²) in [7, 11) is 0. The van der Waals surface area contributed by atoms with Crippen molar-refractivity contribution in [2.24, 2.45) is 11.8 Å². The molecule has 0 amide bonds. The highest BCUT2D eigenvalue weighted by Crippen LogP contribution is 2.33. The monoisotopic (exact) mass is 538 g/mol. The maximum absolute atomic E-state index is 14.2. The summed E-state index contributed by atoms with van der Waals surface area (Å²) < 4.78 is 1.92. The smallest absolute Gasteiger partial charge is 0.260 e. The Hall–Kier alpha value is -3.52. The number of hydrogen-bond donors (Lipinski definition) is 2. The second-order valence-electron chi connectivity index (χ2n) is 12.1. The van der Waals surface area contributed by atoms with E-state index >= 15 is 0 Å². The van der Waals surface area contributed by atoms with Gasteiger partial charge >= 0.3 is 0 Å². The van der Waals surface area contributed by atoms with E-state index in [1.54, 1.807) is 0 Å². The molecule has 1 saturated heterocycles. The molecular weight excluding hydrogens is 500 g/mol. The van der Waals surface area contributed by atoms with Crippen LogP contribution in [0.25, 0.3) is 21.8 Å². The fourth-order valence-electron chi connectivity index (χ4n) is 6.68. The molecule has 1 aromatic carbocycles. The van der Waals surface area contributed by atoms with Crippen molar-refractivity contribution in [2.75, 3.05) is 29.9 Å². The number of benzene rings is 1. The Kier molecular flexibility index (Phi) is 6.87. The standard InChI is InChI=1S/C32H38N6O2/c39-26-6-4-25(5-7-26)38-30-29(20-35-32(36-30)34-19-22-1-2-22)27-8-3-23(18-28(27)31(38)40)17-21-11-15-37(16-12-21)24-9-13-33-14-10-24/h3,8-10,13-14,18,20-22,25-26,39H,1-2,4-7,11-12,15-17,19H2,(H,34,35,36)/t25-,26-. The molecule has 3 aliphatic rings. The van der Waals surface area contributed by atoms with Gasteiger partial charge in [0.15, 0.2) is 0 Å². The van der Waals surface area contributed by atoms with Crippen molar-refractivity contribution in [3.63, 3.8) is 0 Å². The summed E-state index contributed by atoms with van der Waals surface area (Å²) in [6, 6.07) is 10.6.